The first-order chi connectivity index (χ1) is 6.65. The smallest absolute Gasteiger partial charge is 0.222 e. The molecule has 0 atom stereocenters. The van der Waals surface area contributed by atoms with Crippen molar-refractivity contribution in [2.45, 2.75) is 33.2 Å². The van der Waals surface area contributed by atoms with E-state index in [1.165, 1.54) is 10.4 Å². The molecule has 0 aliphatic heterocycles. The molecule has 1 heterocycles. The van der Waals surface area contributed by atoms with E-state index in [1.54, 1.807) is 11.3 Å². The highest BCUT2D eigenvalue weighted by molar-refractivity contribution is 7.10. The van der Waals surface area contributed by atoms with E-state index in [1.807, 2.05) is 18.9 Å². The lowest BCUT2D eigenvalue weighted by atomic mass is 10.2. The molecule has 1 aromatic heterocycles. The summed E-state index contributed by atoms with van der Waals surface area (Å²) in [4.78, 5) is 14.6. The Kier molecular flexibility index (Phi) is 4.14. The molecular formula is C11H17NOS. The Balaban J connectivity index is 2.52. The molecule has 0 aliphatic rings. The standard InChI is InChI=1S/C11H17NOS/c1-4-5-11(13)12(3)8-10-9(2)6-7-14-10/h6-7H,4-5,8H2,1-3H3. The van der Waals surface area contributed by atoms with Crippen molar-refractivity contribution in [3.8, 4) is 0 Å². The Morgan fingerprint density at radius 3 is 2.79 bits per heavy atom. The van der Waals surface area contributed by atoms with Crippen molar-refractivity contribution >= 4 is 17.2 Å². The molecule has 1 aromatic rings. The topological polar surface area (TPSA) is 20.3 Å². The predicted molar refractivity (Wildman–Crippen MR) is 60.4 cm³/mol. The summed E-state index contributed by atoms with van der Waals surface area (Å²) in [7, 11) is 1.87. The number of amides is 1. The molecule has 1 rings (SSSR count). The van der Waals surface area contributed by atoms with E-state index in [-0.39, 0.29) is 5.91 Å². The van der Waals surface area contributed by atoms with Crippen LogP contribution in [0.1, 0.15) is 30.2 Å². The fourth-order valence-electron chi connectivity index (χ4n) is 1.27. The van der Waals surface area contributed by atoms with Crippen molar-refractivity contribution in [1.82, 2.24) is 4.90 Å². The van der Waals surface area contributed by atoms with Gasteiger partial charge in [-0.05, 0) is 30.4 Å². The van der Waals surface area contributed by atoms with Gasteiger partial charge in [0.25, 0.3) is 0 Å². The van der Waals surface area contributed by atoms with Crippen LogP contribution in [0.25, 0.3) is 0 Å². The highest BCUT2D eigenvalue weighted by atomic mass is 32.1. The maximum Gasteiger partial charge on any atom is 0.222 e. The molecule has 0 saturated heterocycles. The molecule has 0 unspecified atom stereocenters. The fraction of sp³-hybridized carbons (Fsp3) is 0.545. The first kappa shape index (κ1) is 11.2. The van der Waals surface area contributed by atoms with Gasteiger partial charge in [-0.1, -0.05) is 6.92 Å². The highest BCUT2D eigenvalue weighted by Gasteiger charge is 2.09. The molecule has 3 heteroatoms. The van der Waals surface area contributed by atoms with Crippen LogP contribution in [-0.4, -0.2) is 17.9 Å². The van der Waals surface area contributed by atoms with Crippen molar-refractivity contribution < 1.29 is 4.79 Å². The molecule has 0 bridgehead atoms. The van der Waals surface area contributed by atoms with Crippen LogP contribution in [0.15, 0.2) is 11.4 Å². The Hall–Kier alpha value is -0.830. The minimum absolute atomic E-state index is 0.236. The number of thiophene rings is 1. The summed E-state index contributed by atoms with van der Waals surface area (Å²) in [5, 5.41) is 2.07. The lowest BCUT2D eigenvalue weighted by Gasteiger charge is -2.16. The molecular weight excluding hydrogens is 194 g/mol. The van der Waals surface area contributed by atoms with E-state index in [9.17, 15) is 4.79 Å². The Bertz CT molecular complexity index is 306. The van der Waals surface area contributed by atoms with Crippen LogP contribution < -0.4 is 0 Å². The van der Waals surface area contributed by atoms with E-state index in [0.29, 0.717) is 6.42 Å². The quantitative estimate of drug-likeness (QED) is 0.750. The zero-order valence-electron chi connectivity index (χ0n) is 9.04. The summed E-state index contributed by atoms with van der Waals surface area (Å²) in [6.45, 7) is 4.87. The lowest BCUT2D eigenvalue weighted by Crippen LogP contribution is -2.25. The summed E-state index contributed by atoms with van der Waals surface area (Å²) in [6, 6.07) is 2.10. The normalized spacial score (nSPS) is 10.2. The van der Waals surface area contributed by atoms with Gasteiger partial charge in [-0.2, -0.15) is 0 Å². The number of hydrogen-bond acceptors (Lipinski definition) is 2. The van der Waals surface area contributed by atoms with Crippen LogP contribution in [0.5, 0.6) is 0 Å². The summed E-state index contributed by atoms with van der Waals surface area (Å²) in [6.07, 6.45) is 1.58. The maximum absolute atomic E-state index is 11.5. The second-order valence-corrected chi connectivity index (χ2v) is 4.53. The predicted octanol–water partition coefficient (Wildman–Crippen LogP) is 2.82. The molecule has 0 fully saturated rings. The van der Waals surface area contributed by atoms with Crippen molar-refractivity contribution in [1.29, 1.82) is 0 Å². The molecule has 0 radical (unpaired) electrons. The SMILES string of the molecule is CCCC(=O)N(C)Cc1sccc1C. The number of hydrogen-bond donors (Lipinski definition) is 0. The van der Waals surface area contributed by atoms with Gasteiger partial charge in [-0.3, -0.25) is 4.79 Å². The molecule has 0 aliphatic carbocycles. The minimum atomic E-state index is 0.236. The van der Waals surface area contributed by atoms with Crippen LogP contribution in [0, 0.1) is 6.92 Å². The summed E-state index contributed by atoms with van der Waals surface area (Å²) in [5.41, 5.74) is 1.28. The van der Waals surface area contributed by atoms with E-state index in [0.717, 1.165) is 13.0 Å². The van der Waals surface area contributed by atoms with Gasteiger partial charge < -0.3 is 4.90 Å². The third-order valence-corrected chi connectivity index (χ3v) is 3.25. The largest absolute Gasteiger partial charge is 0.341 e. The van der Waals surface area contributed by atoms with E-state index >= 15 is 0 Å². The van der Waals surface area contributed by atoms with Gasteiger partial charge in [-0.25, -0.2) is 0 Å². The van der Waals surface area contributed by atoms with Gasteiger partial charge in [0, 0.05) is 18.3 Å². The minimum Gasteiger partial charge on any atom is -0.341 e. The maximum atomic E-state index is 11.5. The first-order valence-corrected chi connectivity index (χ1v) is 5.80. The summed E-state index contributed by atoms with van der Waals surface area (Å²) >= 11 is 1.72. The number of carbonyl (C=O) groups is 1. The third kappa shape index (κ3) is 2.84. The second kappa shape index (κ2) is 5.15. The monoisotopic (exact) mass is 211 g/mol. The van der Waals surface area contributed by atoms with Crippen LogP contribution >= 0.6 is 11.3 Å². The van der Waals surface area contributed by atoms with E-state index in [4.69, 9.17) is 0 Å². The van der Waals surface area contributed by atoms with Crippen LogP contribution in [0.2, 0.25) is 0 Å². The third-order valence-electron chi connectivity index (χ3n) is 2.24. The molecule has 0 saturated carbocycles. The van der Waals surface area contributed by atoms with Gasteiger partial charge >= 0.3 is 0 Å². The van der Waals surface area contributed by atoms with Gasteiger partial charge in [0.05, 0.1) is 6.54 Å². The number of nitrogens with zero attached hydrogens (tertiary/aromatic N) is 1. The lowest BCUT2D eigenvalue weighted by molar-refractivity contribution is -0.130. The highest BCUT2D eigenvalue weighted by Crippen LogP contribution is 2.17. The van der Waals surface area contributed by atoms with E-state index < -0.39 is 0 Å². The average molecular weight is 211 g/mol. The van der Waals surface area contributed by atoms with Crippen LogP contribution in [-0.2, 0) is 11.3 Å². The molecule has 78 valence electrons. The van der Waals surface area contributed by atoms with Gasteiger partial charge in [0.2, 0.25) is 5.91 Å². The number of rotatable bonds is 4. The molecule has 0 N–H and O–H groups in total. The second-order valence-electron chi connectivity index (χ2n) is 3.53. The zero-order chi connectivity index (χ0) is 10.6. The molecule has 2 nitrogen and oxygen atoms in total. The number of aryl methyl sites for hydroxylation is 1. The Labute approximate surface area is 89.5 Å². The molecule has 1 amide bonds. The molecule has 14 heavy (non-hydrogen) atoms. The van der Waals surface area contributed by atoms with Crippen molar-refractivity contribution in [3.63, 3.8) is 0 Å². The zero-order valence-corrected chi connectivity index (χ0v) is 9.86. The fourth-order valence-corrected chi connectivity index (χ4v) is 2.23. The first-order valence-electron chi connectivity index (χ1n) is 4.92. The van der Waals surface area contributed by atoms with Crippen LogP contribution in [0.4, 0.5) is 0 Å². The Morgan fingerprint density at radius 1 is 1.57 bits per heavy atom. The van der Waals surface area contributed by atoms with Crippen molar-refractivity contribution in [3.05, 3.63) is 21.9 Å². The van der Waals surface area contributed by atoms with E-state index in [2.05, 4.69) is 18.4 Å². The Morgan fingerprint density at radius 2 is 2.29 bits per heavy atom. The number of carbonyl (C=O) groups excluding carboxylic acids is 1. The molecule has 0 aromatic carbocycles. The summed E-state index contributed by atoms with van der Waals surface area (Å²) in [5.74, 6) is 0.236. The van der Waals surface area contributed by atoms with Gasteiger partial charge in [0.15, 0.2) is 0 Å². The van der Waals surface area contributed by atoms with Crippen LogP contribution in [0.3, 0.4) is 0 Å². The summed E-state index contributed by atoms with van der Waals surface area (Å²) < 4.78 is 0. The van der Waals surface area contributed by atoms with Gasteiger partial charge in [0.1, 0.15) is 0 Å². The van der Waals surface area contributed by atoms with Crippen molar-refractivity contribution in [2.24, 2.45) is 0 Å². The van der Waals surface area contributed by atoms with Gasteiger partial charge in [-0.15, -0.1) is 11.3 Å². The average Bonchev–Trinajstić information content (AvgIpc) is 2.52. The molecule has 0 spiro atoms. The van der Waals surface area contributed by atoms with Crippen molar-refractivity contribution in [2.75, 3.05) is 7.05 Å².